The minimum atomic E-state index is -4.59. The third-order valence-corrected chi connectivity index (χ3v) is 7.06. The van der Waals surface area contributed by atoms with Crippen molar-refractivity contribution in [3.05, 3.63) is 23.8 Å². The molecule has 0 spiro atoms. The Morgan fingerprint density at radius 3 is 2.66 bits per heavy atom. The van der Waals surface area contributed by atoms with E-state index in [1.165, 1.54) is 4.57 Å². The third-order valence-electron chi connectivity index (χ3n) is 5.30. The Balaban J connectivity index is 1.98. The van der Waals surface area contributed by atoms with E-state index in [1.54, 1.807) is 18.5 Å². The minimum Gasteiger partial charge on any atom is -0.324 e. The monoisotopic (exact) mass is 427 g/mol. The molecule has 7 nitrogen and oxygen atoms in total. The molecule has 0 N–H and O–H groups in total. The van der Waals surface area contributed by atoms with Crippen molar-refractivity contribution in [2.45, 2.75) is 44.4 Å². The zero-order valence-electron chi connectivity index (χ0n) is 16.2. The Labute approximate surface area is 165 Å². The summed E-state index contributed by atoms with van der Waals surface area (Å²) >= 11 is 0. The highest BCUT2D eigenvalue weighted by Gasteiger charge is 2.35. The molecule has 3 aromatic rings. The summed E-state index contributed by atoms with van der Waals surface area (Å²) in [6.07, 6.45) is -1.96. The van der Waals surface area contributed by atoms with Gasteiger partial charge < -0.3 is 9.13 Å². The van der Waals surface area contributed by atoms with E-state index in [4.69, 9.17) is 0 Å². The van der Waals surface area contributed by atoms with Crippen molar-refractivity contribution in [3.8, 4) is 11.5 Å². The van der Waals surface area contributed by atoms with Crippen LogP contribution in [-0.4, -0.2) is 38.3 Å². The maximum atomic E-state index is 13.0. The molecular formula is C18H20F3N5O2S. The molecule has 0 saturated carbocycles. The molecule has 0 fully saturated rings. The topological polar surface area (TPSA) is 82.7 Å². The second kappa shape index (κ2) is 6.54. The fraction of sp³-hybridized carbons (Fsp3) is 0.500. The van der Waals surface area contributed by atoms with Crippen LogP contribution in [0.15, 0.2) is 17.3 Å². The molecule has 29 heavy (non-hydrogen) atoms. The van der Waals surface area contributed by atoms with Gasteiger partial charge in [0, 0.05) is 20.0 Å². The van der Waals surface area contributed by atoms with E-state index in [0.29, 0.717) is 30.2 Å². The second-order valence-electron chi connectivity index (χ2n) is 7.39. The van der Waals surface area contributed by atoms with Crippen LogP contribution in [0.4, 0.5) is 13.2 Å². The first kappa shape index (κ1) is 19.9. The number of halogens is 3. The van der Waals surface area contributed by atoms with Gasteiger partial charge in [-0.1, -0.05) is 13.8 Å². The Hall–Kier alpha value is -2.43. The van der Waals surface area contributed by atoms with Crippen LogP contribution < -0.4 is 0 Å². The van der Waals surface area contributed by atoms with Crippen LogP contribution in [0, 0.1) is 5.92 Å². The lowest BCUT2D eigenvalue weighted by Gasteiger charge is -2.21. The zero-order chi connectivity index (χ0) is 21.1. The van der Waals surface area contributed by atoms with Crippen molar-refractivity contribution in [2.75, 3.05) is 5.75 Å². The van der Waals surface area contributed by atoms with Crippen molar-refractivity contribution >= 4 is 20.9 Å². The average Bonchev–Trinajstić information content (AvgIpc) is 3.18. The molecule has 1 aliphatic rings. The highest BCUT2D eigenvalue weighted by Crippen LogP contribution is 2.35. The highest BCUT2D eigenvalue weighted by atomic mass is 32.2. The molecule has 156 valence electrons. The number of aromatic nitrogens is 5. The number of aryl methyl sites for hydroxylation is 2. The molecule has 0 saturated heterocycles. The predicted molar refractivity (Wildman–Crippen MR) is 99.9 cm³/mol. The van der Waals surface area contributed by atoms with Crippen LogP contribution in [0.2, 0.25) is 0 Å². The lowest BCUT2D eigenvalue weighted by Crippen LogP contribution is -2.22. The van der Waals surface area contributed by atoms with Gasteiger partial charge >= 0.3 is 6.18 Å². The Bertz CT molecular complexity index is 1210. The molecule has 1 unspecified atom stereocenters. The summed E-state index contributed by atoms with van der Waals surface area (Å²) in [4.78, 5) is 12.3. The average molecular weight is 427 g/mol. The van der Waals surface area contributed by atoms with Crippen LogP contribution in [-0.2, 0) is 36.0 Å². The molecule has 0 amide bonds. The summed E-state index contributed by atoms with van der Waals surface area (Å²) in [6, 6.07) is 0.866. The summed E-state index contributed by atoms with van der Waals surface area (Å²) in [7, 11) is -2.02. The van der Waals surface area contributed by atoms with Gasteiger partial charge in [-0.15, -0.1) is 0 Å². The molecular weight excluding hydrogens is 407 g/mol. The normalized spacial score (nSPS) is 17.7. The standard InChI is InChI=1S/C18H20F3N5O2S/c1-4-29(27,28)17-15(24-14-6-5-10(2)9-26(14)17)16-23-11-7-13(18(19,20)21)22-8-12(11)25(16)3/h7-8,10H,4-6,9H2,1-3H3. The van der Waals surface area contributed by atoms with E-state index >= 15 is 0 Å². The van der Waals surface area contributed by atoms with Crippen molar-refractivity contribution < 1.29 is 21.6 Å². The number of hydrogen-bond acceptors (Lipinski definition) is 5. The van der Waals surface area contributed by atoms with Crippen molar-refractivity contribution in [3.63, 3.8) is 0 Å². The Morgan fingerprint density at radius 1 is 1.28 bits per heavy atom. The maximum Gasteiger partial charge on any atom is 0.433 e. The summed E-state index contributed by atoms with van der Waals surface area (Å²) < 4.78 is 68.1. The van der Waals surface area contributed by atoms with Crippen LogP contribution in [0.3, 0.4) is 0 Å². The van der Waals surface area contributed by atoms with E-state index in [0.717, 1.165) is 18.7 Å². The fourth-order valence-electron chi connectivity index (χ4n) is 3.69. The molecule has 1 atom stereocenters. The van der Waals surface area contributed by atoms with E-state index in [1.807, 2.05) is 6.92 Å². The first-order valence-corrected chi connectivity index (χ1v) is 10.9. The SMILES string of the molecule is CCS(=O)(=O)c1c(-c2nc3cc(C(F)(F)F)ncc3n2C)nc2n1CC(C)CC2. The first-order chi connectivity index (χ1) is 13.5. The van der Waals surface area contributed by atoms with Gasteiger partial charge in [0.2, 0.25) is 0 Å². The summed E-state index contributed by atoms with van der Waals surface area (Å²) in [5, 5.41) is 0.0870. The molecule has 3 aromatic heterocycles. The van der Waals surface area contributed by atoms with Crippen LogP contribution in [0.1, 0.15) is 31.8 Å². The molecule has 11 heteroatoms. The van der Waals surface area contributed by atoms with Crippen molar-refractivity contribution in [1.29, 1.82) is 0 Å². The van der Waals surface area contributed by atoms with E-state index in [-0.39, 0.29) is 27.8 Å². The minimum absolute atomic E-state index is 0.0870. The molecule has 4 heterocycles. The fourth-order valence-corrected chi connectivity index (χ4v) is 4.91. The molecule has 1 aliphatic heterocycles. The summed E-state index contributed by atoms with van der Waals surface area (Å²) in [6.45, 7) is 4.13. The van der Waals surface area contributed by atoms with Gasteiger partial charge in [0.1, 0.15) is 17.2 Å². The van der Waals surface area contributed by atoms with Gasteiger partial charge in [-0.3, -0.25) is 0 Å². The van der Waals surface area contributed by atoms with Crippen molar-refractivity contribution in [1.82, 2.24) is 24.1 Å². The number of rotatable bonds is 3. The Kier molecular flexibility index (Phi) is 4.48. The number of alkyl halides is 3. The molecule has 4 rings (SSSR count). The largest absolute Gasteiger partial charge is 0.433 e. The van der Waals surface area contributed by atoms with E-state index < -0.39 is 21.7 Å². The van der Waals surface area contributed by atoms with Gasteiger partial charge in [0.25, 0.3) is 0 Å². The van der Waals surface area contributed by atoms with E-state index in [9.17, 15) is 21.6 Å². The van der Waals surface area contributed by atoms with Gasteiger partial charge in [-0.25, -0.2) is 23.4 Å². The smallest absolute Gasteiger partial charge is 0.324 e. The maximum absolute atomic E-state index is 13.0. The number of hydrogen-bond donors (Lipinski definition) is 0. The van der Waals surface area contributed by atoms with Gasteiger partial charge in [0.15, 0.2) is 20.7 Å². The Morgan fingerprint density at radius 2 is 2.00 bits per heavy atom. The summed E-state index contributed by atoms with van der Waals surface area (Å²) in [5.74, 6) is 1.06. The van der Waals surface area contributed by atoms with Crippen LogP contribution in [0.5, 0.6) is 0 Å². The lowest BCUT2D eigenvalue weighted by atomic mass is 10.0. The molecule has 0 bridgehead atoms. The van der Waals surface area contributed by atoms with Crippen molar-refractivity contribution in [2.24, 2.45) is 13.0 Å². The zero-order valence-corrected chi connectivity index (χ0v) is 17.0. The number of pyridine rings is 1. The lowest BCUT2D eigenvalue weighted by molar-refractivity contribution is -0.141. The van der Waals surface area contributed by atoms with Crippen LogP contribution >= 0.6 is 0 Å². The quantitative estimate of drug-likeness (QED) is 0.641. The number of fused-ring (bicyclic) bond motifs is 2. The first-order valence-electron chi connectivity index (χ1n) is 9.25. The molecule has 0 aromatic carbocycles. The third kappa shape index (κ3) is 3.21. The highest BCUT2D eigenvalue weighted by molar-refractivity contribution is 7.91. The van der Waals surface area contributed by atoms with Gasteiger partial charge in [-0.2, -0.15) is 13.2 Å². The number of imidazole rings is 2. The van der Waals surface area contributed by atoms with Gasteiger partial charge in [0.05, 0.1) is 23.0 Å². The summed E-state index contributed by atoms with van der Waals surface area (Å²) in [5.41, 5.74) is -0.409. The number of sulfone groups is 1. The second-order valence-corrected chi connectivity index (χ2v) is 9.58. The number of nitrogens with zero attached hydrogens (tertiary/aromatic N) is 5. The van der Waals surface area contributed by atoms with Crippen LogP contribution in [0.25, 0.3) is 22.6 Å². The predicted octanol–water partition coefficient (Wildman–Crippen LogP) is 3.23. The molecule has 0 radical (unpaired) electrons. The molecule has 0 aliphatic carbocycles. The van der Waals surface area contributed by atoms with Gasteiger partial charge in [-0.05, 0) is 18.4 Å². The van der Waals surface area contributed by atoms with E-state index in [2.05, 4.69) is 15.0 Å².